The maximum absolute atomic E-state index is 13.8. The van der Waals surface area contributed by atoms with Gasteiger partial charge in [0.15, 0.2) is 5.82 Å². The highest BCUT2D eigenvalue weighted by Gasteiger charge is 2.23. The highest BCUT2D eigenvalue weighted by Crippen LogP contribution is 2.24. The zero-order valence-electron chi connectivity index (χ0n) is 9.78. The quantitative estimate of drug-likeness (QED) is 0.813. The Labute approximate surface area is 107 Å². The molecule has 0 spiro atoms. The molecule has 4 nitrogen and oxygen atoms in total. The Balaban J connectivity index is 2.58. The van der Waals surface area contributed by atoms with E-state index in [1.54, 1.807) is 12.1 Å². The lowest BCUT2D eigenvalue weighted by Crippen LogP contribution is -2.19. The first kappa shape index (κ1) is 12.2. The number of benzene rings is 1. The van der Waals surface area contributed by atoms with E-state index in [9.17, 15) is 4.39 Å². The lowest BCUT2D eigenvalue weighted by molar-refractivity contribution is 0.517. The summed E-state index contributed by atoms with van der Waals surface area (Å²) in [6.07, 6.45) is 0. The second-order valence-electron chi connectivity index (χ2n) is 4.76. The molecular weight excluding hydrogens is 287 g/mol. The van der Waals surface area contributed by atoms with Crippen LogP contribution in [0, 0.1) is 5.82 Å². The molecule has 0 amide bonds. The fourth-order valence-electron chi connectivity index (χ4n) is 1.47. The molecule has 0 aliphatic carbocycles. The number of nitrogens with zero attached hydrogens (tertiary/aromatic N) is 4. The van der Waals surface area contributed by atoms with Gasteiger partial charge < -0.3 is 0 Å². The predicted octanol–water partition coefficient (Wildman–Crippen LogP) is 2.86. The van der Waals surface area contributed by atoms with Crippen LogP contribution < -0.4 is 0 Å². The minimum Gasteiger partial charge on any atom is -0.205 e. The number of rotatable bonds is 1. The summed E-state index contributed by atoms with van der Waals surface area (Å²) in [5.74, 6) is 0.260. The third kappa shape index (κ3) is 2.36. The molecule has 0 radical (unpaired) electrons. The van der Waals surface area contributed by atoms with E-state index in [1.807, 2.05) is 20.8 Å². The fourth-order valence-corrected chi connectivity index (χ4v) is 1.80. The average Bonchev–Trinajstić information content (AvgIpc) is 2.65. The van der Waals surface area contributed by atoms with Crippen LogP contribution in [0.3, 0.4) is 0 Å². The molecule has 0 bridgehead atoms. The van der Waals surface area contributed by atoms with E-state index in [4.69, 9.17) is 0 Å². The first-order chi connectivity index (χ1) is 7.89. The van der Waals surface area contributed by atoms with Crippen LogP contribution in [0.2, 0.25) is 0 Å². The van der Waals surface area contributed by atoms with Gasteiger partial charge >= 0.3 is 0 Å². The van der Waals surface area contributed by atoms with Gasteiger partial charge in [0, 0.05) is 9.89 Å². The molecule has 0 aliphatic heterocycles. The Morgan fingerprint density at radius 1 is 1.29 bits per heavy atom. The maximum atomic E-state index is 13.8. The third-order valence-corrected chi connectivity index (χ3v) is 2.77. The van der Waals surface area contributed by atoms with Crippen LogP contribution in [-0.2, 0) is 5.41 Å². The molecule has 17 heavy (non-hydrogen) atoms. The van der Waals surface area contributed by atoms with Crippen LogP contribution in [-0.4, -0.2) is 20.2 Å². The molecule has 0 saturated heterocycles. The Hall–Kier alpha value is -1.30. The number of aromatic nitrogens is 4. The van der Waals surface area contributed by atoms with Crippen LogP contribution in [0.15, 0.2) is 22.7 Å². The predicted molar refractivity (Wildman–Crippen MR) is 65.5 cm³/mol. The van der Waals surface area contributed by atoms with Crippen molar-refractivity contribution in [2.75, 3.05) is 0 Å². The summed E-state index contributed by atoms with van der Waals surface area (Å²) in [4.78, 5) is 0. The van der Waals surface area contributed by atoms with E-state index in [2.05, 4.69) is 31.5 Å². The van der Waals surface area contributed by atoms with Crippen LogP contribution in [0.1, 0.15) is 26.6 Å². The van der Waals surface area contributed by atoms with Gasteiger partial charge in [-0.3, -0.25) is 0 Å². The Bertz CT molecular complexity index is 545. The van der Waals surface area contributed by atoms with Gasteiger partial charge in [-0.25, -0.2) is 4.39 Å². The van der Waals surface area contributed by atoms with Crippen molar-refractivity contribution < 1.29 is 4.39 Å². The standard InChI is InChI=1S/C11H12BrFN4/c1-11(2,3)10-14-15-16-17(10)9-5-4-7(12)6-8(9)13/h4-6H,1-3H3. The molecule has 0 aliphatic rings. The normalized spacial score (nSPS) is 11.8. The van der Waals surface area contributed by atoms with Crippen molar-refractivity contribution in [2.45, 2.75) is 26.2 Å². The van der Waals surface area contributed by atoms with Crippen LogP contribution in [0.4, 0.5) is 4.39 Å². The molecule has 1 heterocycles. The Kier molecular flexibility index (Phi) is 2.99. The molecule has 2 aromatic rings. The summed E-state index contributed by atoms with van der Waals surface area (Å²) in [5, 5.41) is 11.4. The van der Waals surface area contributed by atoms with Crippen molar-refractivity contribution in [3.63, 3.8) is 0 Å². The SMILES string of the molecule is CC(C)(C)c1nnnn1-c1ccc(Br)cc1F. The van der Waals surface area contributed by atoms with Gasteiger partial charge in [-0.1, -0.05) is 36.7 Å². The van der Waals surface area contributed by atoms with Gasteiger partial charge in [0.05, 0.1) is 0 Å². The van der Waals surface area contributed by atoms with Gasteiger partial charge in [-0.15, -0.1) is 5.10 Å². The van der Waals surface area contributed by atoms with E-state index in [0.29, 0.717) is 16.0 Å². The Morgan fingerprint density at radius 3 is 2.59 bits per heavy atom. The van der Waals surface area contributed by atoms with Gasteiger partial charge in [0.2, 0.25) is 0 Å². The van der Waals surface area contributed by atoms with Crippen molar-refractivity contribution in [3.05, 3.63) is 34.3 Å². The highest BCUT2D eigenvalue weighted by atomic mass is 79.9. The second kappa shape index (κ2) is 4.18. The van der Waals surface area contributed by atoms with Crippen molar-refractivity contribution in [3.8, 4) is 5.69 Å². The average molecular weight is 299 g/mol. The minimum absolute atomic E-state index is 0.247. The largest absolute Gasteiger partial charge is 0.205 e. The van der Waals surface area contributed by atoms with Crippen LogP contribution >= 0.6 is 15.9 Å². The lowest BCUT2D eigenvalue weighted by atomic mass is 9.96. The summed E-state index contributed by atoms with van der Waals surface area (Å²) in [7, 11) is 0. The highest BCUT2D eigenvalue weighted by molar-refractivity contribution is 9.10. The molecular formula is C11H12BrFN4. The third-order valence-electron chi connectivity index (χ3n) is 2.28. The summed E-state index contributed by atoms with van der Waals surface area (Å²) < 4.78 is 16.0. The van der Waals surface area contributed by atoms with E-state index in [-0.39, 0.29) is 11.2 Å². The summed E-state index contributed by atoms with van der Waals surface area (Å²) in [6.45, 7) is 5.93. The van der Waals surface area contributed by atoms with Gasteiger partial charge in [-0.2, -0.15) is 4.68 Å². The molecule has 0 saturated carbocycles. The summed E-state index contributed by atoms with van der Waals surface area (Å²) in [6, 6.07) is 4.79. The number of hydrogen-bond donors (Lipinski definition) is 0. The van der Waals surface area contributed by atoms with E-state index in [0.717, 1.165) is 0 Å². The first-order valence-electron chi connectivity index (χ1n) is 5.14. The molecule has 0 atom stereocenters. The molecule has 6 heteroatoms. The van der Waals surface area contributed by atoms with E-state index >= 15 is 0 Å². The number of hydrogen-bond acceptors (Lipinski definition) is 3. The zero-order chi connectivity index (χ0) is 12.6. The van der Waals surface area contributed by atoms with Crippen LogP contribution in [0.5, 0.6) is 0 Å². The topological polar surface area (TPSA) is 43.6 Å². The van der Waals surface area contributed by atoms with Crippen molar-refractivity contribution in [1.82, 2.24) is 20.2 Å². The molecule has 0 fully saturated rings. The van der Waals surface area contributed by atoms with E-state index in [1.165, 1.54) is 10.7 Å². The van der Waals surface area contributed by atoms with Gasteiger partial charge in [0.25, 0.3) is 0 Å². The fraction of sp³-hybridized carbons (Fsp3) is 0.364. The van der Waals surface area contributed by atoms with Crippen LogP contribution in [0.25, 0.3) is 5.69 Å². The monoisotopic (exact) mass is 298 g/mol. The van der Waals surface area contributed by atoms with E-state index < -0.39 is 0 Å². The maximum Gasteiger partial charge on any atom is 0.162 e. The molecule has 1 aromatic heterocycles. The Morgan fingerprint density at radius 2 is 2.00 bits per heavy atom. The van der Waals surface area contributed by atoms with Crippen molar-refractivity contribution >= 4 is 15.9 Å². The molecule has 0 unspecified atom stereocenters. The second-order valence-corrected chi connectivity index (χ2v) is 5.68. The smallest absolute Gasteiger partial charge is 0.162 e. The van der Waals surface area contributed by atoms with Crippen molar-refractivity contribution in [1.29, 1.82) is 0 Å². The number of halogens is 2. The van der Waals surface area contributed by atoms with Crippen molar-refractivity contribution in [2.24, 2.45) is 0 Å². The summed E-state index contributed by atoms with van der Waals surface area (Å²) >= 11 is 3.22. The zero-order valence-corrected chi connectivity index (χ0v) is 11.4. The van der Waals surface area contributed by atoms with Gasteiger partial charge in [0.1, 0.15) is 11.5 Å². The molecule has 1 aromatic carbocycles. The first-order valence-corrected chi connectivity index (χ1v) is 5.93. The molecule has 0 N–H and O–H groups in total. The molecule has 90 valence electrons. The summed E-state index contributed by atoms with van der Waals surface area (Å²) in [5.41, 5.74) is 0.103. The number of tetrazole rings is 1. The van der Waals surface area contributed by atoms with Gasteiger partial charge in [-0.05, 0) is 28.6 Å². The lowest BCUT2D eigenvalue weighted by Gasteiger charge is -2.17. The minimum atomic E-state index is -0.364. The molecule has 2 rings (SSSR count).